The first-order chi connectivity index (χ1) is 8.54. The zero-order valence-corrected chi connectivity index (χ0v) is 9.47. The Bertz CT molecular complexity index is 455. The standard InChI is InChI=1S/C9H11N3O6/c1-2-5-17-9(14)11-10-8(13)6-3-4-7(18-6)12(15)16/h3-4H,2,5H2,1H3,(H,10,13)(H,11,14). The highest BCUT2D eigenvalue weighted by Gasteiger charge is 2.17. The SMILES string of the molecule is CCCOC(=O)NNC(=O)c1ccc([N+](=O)[O-])o1. The smallest absolute Gasteiger partial charge is 0.433 e. The van der Waals surface area contributed by atoms with Crippen LogP contribution in [0, 0.1) is 10.1 Å². The molecule has 1 aromatic heterocycles. The molecule has 0 aliphatic heterocycles. The summed E-state index contributed by atoms with van der Waals surface area (Å²) in [5, 5.41) is 10.3. The van der Waals surface area contributed by atoms with Gasteiger partial charge in [0.25, 0.3) is 0 Å². The maximum absolute atomic E-state index is 11.4. The molecule has 0 radical (unpaired) electrons. The molecule has 1 heterocycles. The fourth-order valence-electron chi connectivity index (χ4n) is 0.948. The van der Waals surface area contributed by atoms with Crippen LogP contribution >= 0.6 is 0 Å². The van der Waals surface area contributed by atoms with Crippen LogP contribution in [0.2, 0.25) is 0 Å². The Morgan fingerprint density at radius 2 is 2.17 bits per heavy atom. The molecule has 0 saturated heterocycles. The minimum absolute atomic E-state index is 0.216. The maximum Gasteiger partial charge on any atom is 0.433 e. The topological polar surface area (TPSA) is 124 Å². The second-order valence-electron chi connectivity index (χ2n) is 3.11. The van der Waals surface area contributed by atoms with Crippen LogP contribution in [-0.4, -0.2) is 23.5 Å². The van der Waals surface area contributed by atoms with Crippen molar-refractivity contribution < 1.29 is 23.7 Å². The fraction of sp³-hybridized carbons (Fsp3) is 0.333. The summed E-state index contributed by atoms with van der Waals surface area (Å²) in [6.07, 6.45) is -0.183. The van der Waals surface area contributed by atoms with Gasteiger partial charge in [0.1, 0.15) is 4.92 Å². The zero-order valence-electron chi connectivity index (χ0n) is 9.47. The van der Waals surface area contributed by atoms with Crippen molar-refractivity contribution in [3.63, 3.8) is 0 Å². The lowest BCUT2D eigenvalue weighted by Gasteiger charge is -2.05. The lowest BCUT2D eigenvalue weighted by atomic mass is 10.4. The van der Waals surface area contributed by atoms with Crippen molar-refractivity contribution in [3.8, 4) is 0 Å². The number of hydrogen-bond acceptors (Lipinski definition) is 6. The molecule has 0 bridgehead atoms. The Labute approximate surface area is 101 Å². The van der Waals surface area contributed by atoms with E-state index < -0.39 is 22.8 Å². The van der Waals surface area contributed by atoms with Crippen molar-refractivity contribution in [1.29, 1.82) is 0 Å². The molecule has 98 valence electrons. The summed E-state index contributed by atoms with van der Waals surface area (Å²) in [5.74, 6) is -1.68. The first kappa shape index (κ1) is 13.5. The predicted molar refractivity (Wildman–Crippen MR) is 57.6 cm³/mol. The predicted octanol–water partition coefficient (Wildman–Crippen LogP) is 0.969. The summed E-state index contributed by atoms with van der Waals surface area (Å²) in [5.41, 5.74) is 3.94. The van der Waals surface area contributed by atoms with E-state index in [0.29, 0.717) is 6.42 Å². The van der Waals surface area contributed by atoms with Gasteiger partial charge in [0.15, 0.2) is 0 Å². The van der Waals surface area contributed by atoms with Gasteiger partial charge in [-0.3, -0.25) is 20.3 Å². The van der Waals surface area contributed by atoms with E-state index in [0.717, 1.165) is 12.1 Å². The number of carbonyl (C=O) groups excluding carboxylic acids is 2. The lowest BCUT2D eigenvalue weighted by molar-refractivity contribution is -0.402. The lowest BCUT2D eigenvalue weighted by Crippen LogP contribution is -2.41. The number of amides is 2. The Hall–Kier alpha value is -2.58. The van der Waals surface area contributed by atoms with Gasteiger partial charge in [0.05, 0.1) is 12.7 Å². The Kier molecular flexibility index (Phi) is 4.67. The summed E-state index contributed by atoms with van der Waals surface area (Å²) in [6.45, 7) is 2.03. The van der Waals surface area contributed by atoms with Gasteiger partial charge in [0, 0.05) is 0 Å². The third kappa shape index (κ3) is 3.77. The van der Waals surface area contributed by atoms with Crippen molar-refractivity contribution >= 4 is 17.9 Å². The first-order valence-electron chi connectivity index (χ1n) is 5.02. The summed E-state index contributed by atoms with van der Waals surface area (Å²) in [4.78, 5) is 31.9. The average Bonchev–Trinajstić information content (AvgIpc) is 2.83. The van der Waals surface area contributed by atoms with Crippen molar-refractivity contribution in [2.45, 2.75) is 13.3 Å². The minimum atomic E-state index is -0.828. The highest BCUT2D eigenvalue weighted by molar-refractivity contribution is 5.92. The Balaban J connectivity index is 2.45. The van der Waals surface area contributed by atoms with Crippen LogP contribution < -0.4 is 10.9 Å². The Morgan fingerprint density at radius 3 is 2.72 bits per heavy atom. The molecule has 0 aliphatic carbocycles. The van der Waals surface area contributed by atoms with E-state index in [4.69, 9.17) is 0 Å². The molecule has 1 aromatic rings. The number of nitro groups is 1. The number of hydrazine groups is 1. The van der Waals surface area contributed by atoms with E-state index >= 15 is 0 Å². The van der Waals surface area contributed by atoms with Gasteiger partial charge in [-0.25, -0.2) is 10.2 Å². The first-order valence-corrected chi connectivity index (χ1v) is 5.02. The van der Waals surface area contributed by atoms with Gasteiger partial charge in [-0.15, -0.1) is 0 Å². The molecule has 18 heavy (non-hydrogen) atoms. The number of furan rings is 1. The fourth-order valence-corrected chi connectivity index (χ4v) is 0.948. The van der Waals surface area contributed by atoms with E-state index in [2.05, 4.69) is 9.15 Å². The van der Waals surface area contributed by atoms with E-state index in [1.807, 2.05) is 17.8 Å². The Morgan fingerprint density at radius 1 is 1.44 bits per heavy atom. The van der Waals surface area contributed by atoms with E-state index in [-0.39, 0.29) is 12.4 Å². The van der Waals surface area contributed by atoms with E-state index in [9.17, 15) is 19.7 Å². The minimum Gasteiger partial charge on any atom is -0.448 e. The van der Waals surface area contributed by atoms with Gasteiger partial charge in [-0.2, -0.15) is 0 Å². The van der Waals surface area contributed by atoms with Crippen LogP contribution in [0.15, 0.2) is 16.5 Å². The normalized spacial score (nSPS) is 9.61. The molecule has 0 unspecified atom stereocenters. The number of nitrogens with zero attached hydrogens (tertiary/aromatic N) is 1. The summed E-state index contributed by atoms with van der Waals surface area (Å²) in [6, 6.07) is 2.15. The largest absolute Gasteiger partial charge is 0.448 e. The monoisotopic (exact) mass is 257 g/mol. The molecule has 2 N–H and O–H groups in total. The maximum atomic E-state index is 11.4. The molecule has 9 nitrogen and oxygen atoms in total. The number of nitrogens with one attached hydrogen (secondary N) is 2. The quantitative estimate of drug-likeness (QED) is 0.611. The number of hydrogen-bond donors (Lipinski definition) is 2. The van der Waals surface area contributed by atoms with Crippen molar-refractivity contribution in [2.75, 3.05) is 6.61 Å². The summed E-state index contributed by atoms with van der Waals surface area (Å²) >= 11 is 0. The zero-order chi connectivity index (χ0) is 13.5. The van der Waals surface area contributed by atoms with Gasteiger partial charge < -0.3 is 9.15 Å². The molecular weight excluding hydrogens is 246 g/mol. The van der Waals surface area contributed by atoms with Crippen LogP contribution in [0.1, 0.15) is 23.9 Å². The molecule has 2 amide bonds. The molecule has 1 rings (SSSR count). The second kappa shape index (κ2) is 6.23. The average molecular weight is 257 g/mol. The molecule has 0 spiro atoms. The highest BCUT2D eigenvalue weighted by Crippen LogP contribution is 2.14. The van der Waals surface area contributed by atoms with Crippen LogP contribution in [0.3, 0.4) is 0 Å². The molecule has 0 atom stereocenters. The molecule has 0 aliphatic rings. The van der Waals surface area contributed by atoms with Gasteiger partial charge in [0.2, 0.25) is 5.76 Å². The van der Waals surface area contributed by atoms with Crippen LogP contribution in [0.4, 0.5) is 10.7 Å². The highest BCUT2D eigenvalue weighted by atomic mass is 16.6. The summed E-state index contributed by atoms with van der Waals surface area (Å²) in [7, 11) is 0. The van der Waals surface area contributed by atoms with E-state index in [1.165, 1.54) is 0 Å². The number of ether oxygens (including phenoxy) is 1. The van der Waals surface area contributed by atoms with E-state index in [1.54, 1.807) is 0 Å². The molecule has 0 aromatic carbocycles. The third-order valence-corrected chi connectivity index (χ3v) is 1.71. The van der Waals surface area contributed by atoms with Crippen LogP contribution in [0.5, 0.6) is 0 Å². The second-order valence-corrected chi connectivity index (χ2v) is 3.11. The van der Waals surface area contributed by atoms with Gasteiger partial charge in [-0.1, -0.05) is 6.92 Å². The van der Waals surface area contributed by atoms with Gasteiger partial charge in [-0.05, 0) is 12.5 Å². The number of carbonyl (C=O) groups is 2. The van der Waals surface area contributed by atoms with Crippen LogP contribution in [-0.2, 0) is 4.74 Å². The van der Waals surface area contributed by atoms with Crippen molar-refractivity contribution in [1.82, 2.24) is 10.9 Å². The molecule has 9 heteroatoms. The molecular formula is C9H11N3O6. The van der Waals surface area contributed by atoms with Gasteiger partial charge >= 0.3 is 17.9 Å². The third-order valence-electron chi connectivity index (χ3n) is 1.71. The van der Waals surface area contributed by atoms with Crippen molar-refractivity contribution in [3.05, 3.63) is 28.0 Å². The molecule has 0 fully saturated rings. The number of rotatable bonds is 4. The van der Waals surface area contributed by atoms with Crippen molar-refractivity contribution in [2.24, 2.45) is 0 Å². The molecule has 0 saturated carbocycles. The summed E-state index contributed by atoms with van der Waals surface area (Å²) < 4.78 is 9.23. The van der Waals surface area contributed by atoms with Crippen LogP contribution in [0.25, 0.3) is 0 Å².